The van der Waals surface area contributed by atoms with Gasteiger partial charge >= 0.3 is 0 Å². The minimum absolute atomic E-state index is 0.00870. The Bertz CT molecular complexity index is 501. The molecule has 110 valence electrons. The molecule has 6 heteroatoms. The molecule has 0 heterocycles. The molecule has 5 nitrogen and oxygen atoms in total. The molecule has 0 aliphatic carbocycles. The largest absolute Gasteiger partial charge is 0.490 e. The molecule has 0 saturated heterocycles. The third-order valence-electron chi connectivity index (χ3n) is 2.12. The van der Waals surface area contributed by atoms with E-state index >= 15 is 0 Å². The van der Waals surface area contributed by atoms with E-state index in [0.29, 0.717) is 28.7 Å². The Balaban J connectivity index is 3.05. The van der Waals surface area contributed by atoms with Gasteiger partial charge in [-0.05, 0) is 38.5 Å². The summed E-state index contributed by atoms with van der Waals surface area (Å²) in [6.07, 6.45) is 1.49. The van der Waals surface area contributed by atoms with E-state index in [1.165, 1.54) is 13.1 Å². The third-order valence-corrected chi connectivity index (χ3v) is 2.40. The number of amides is 1. The summed E-state index contributed by atoms with van der Waals surface area (Å²) in [7, 11) is 0. The summed E-state index contributed by atoms with van der Waals surface area (Å²) >= 11 is 6.20. The van der Waals surface area contributed by atoms with Crippen molar-refractivity contribution in [2.75, 3.05) is 6.61 Å². The first-order valence-corrected chi connectivity index (χ1v) is 6.74. The molecule has 0 fully saturated rings. The molecule has 0 saturated carbocycles. The van der Waals surface area contributed by atoms with Crippen LogP contribution in [0.4, 0.5) is 0 Å². The molecule has 1 rings (SSSR count). The summed E-state index contributed by atoms with van der Waals surface area (Å²) in [6, 6.07) is 3.46. The van der Waals surface area contributed by atoms with Crippen LogP contribution in [0.1, 0.15) is 33.3 Å². The number of nitrogens with zero attached hydrogens (tertiary/aromatic N) is 1. The number of ether oxygens (including phenoxy) is 2. The SMILES string of the molecule is CCOc1cc(/C=N\NC(C)=O)cc(Cl)c1OC(C)C. The fourth-order valence-corrected chi connectivity index (χ4v) is 1.74. The summed E-state index contributed by atoms with van der Waals surface area (Å²) in [4.78, 5) is 10.8. The van der Waals surface area contributed by atoms with Crippen molar-refractivity contribution in [3.63, 3.8) is 0 Å². The van der Waals surface area contributed by atoms with Gasteiger partial charge in [-0.25, -0.2) is 5.43 Å². The van der Waals surface area contributed by atoms with Crippen molar-refractivity contribution in [3.05, 3.63) is 22.7 Å². The third kappa shape index (κ3) is 5.09. The molecule has 1 aromatic rings. The van der Waals surface area contributed by atoms with Crippen LogP contribution in [0.25, 0.3) is 0 Å². The highest BCUT2D eigenvalue weighted by molar-refractivity contribution is 6.32. The molecule has 0 spiro atoms. The van der Waals surface area contributed by atoms with E-state index in [1.54, 1.807) is 12.1 Å². The number of hydrazone groups is 1. The quantitative estimate of drug-likeness (QED) is 0.649. The smallest absolute Gasteiger partial charge is 0.236 e. The van der Waals surface area contributed by atoms with Gasteiger partial charge < -0.3 is 9.47 Å². The molecule has 1 aromatic carbocycles. The molecular weight excluding hydrogens is 280 g/mol. The molecule has 20 heavy (non-hydrogen) atoms. The van der Waals surface area contributed by atoms with Gasteiger partial charge in [0.1, 0.15) is 0 Å². The lowest BCUT2D eigenvalue weighted by Gasteiger charge is -2.16. The van der Waals surface area contributed by atoms with Crippen molar-refractivity contribution >= 4 is 23.7 Å². The first-order valence-electron chi connectivity index (χ1n) is 6.36. The lowest BCUT2D eigenvalue weighted by atomic mass is 10.2. The molecule has 0 aromatic heterocycles. The first-order chi connectivity index (χ1) is 9.43. The molecule has 0 aliphatic rings. The van der Waals surface area contributed by atoms with Crippen molar-refractivity contribution in [2.45, 2.75) is 33.8 Å². The second-order valence-corrected chi connectivity index (χ2v) is 4.76. The topological polar surface area (TPSA) is 59.9 Å². The average Bonchev–Trinajstić information content (AvgIpc) is 2.33. The zero-order valence-corrected chi connectivity index (χ0v) is 12.8. The maximum atomic E-state index is 10.8. The number of carbonyl (C=O) groups excluding carboxylic acids is 1. The van der Waals surface area contributed by atoms with Crippen LogP contribution in [-0.2, 0) is 4.79 Å². The summed E-state index contributed by atoms with van der Waals surface area (Å²) < 4.78 is 11.2. The number of nitrogens with one attached hydrogen (secondary N) is 1. The fraction of sp³-hybridized carbons (Fsp3) is 0.429. The van der Waals surface area contributed by atoms with Crippen molar-refractivity contribution in [1.29, 1.82) is 0 Å². The molecule has 1 amide bonds. The van der Waals surface area contributed by atoms with E-state index < -0.39 is 0 Å². The van der Waals surface area contributed by atoms with E-state index in [-0.39, 0.29) is 12.0 Å². The van der Waals surface area contributed by atoms with Crippen molar-refractivity contribution < 1.29 is 14.3 Å². The van der Waals surface area contributed by atoms with Crippen LogP contribution < -0.4 is 14.9 Å². The highest BCUT2D eigenvalue weighted by Crippen LogP contribution is 2.37. The van der Waals surface area contributed by atoms with Gasteiger partial charge in [-0.1, -0.05) is 11.6 Å². The number of rotatable bonds is 6. The van der Waals surface area contributed by atoms with E-state index in [1.807, 2.05) is 20.8 Å². The average molecular weight is 299 g/mol. The van der Waals surface area contributed by atoms with Gasteiger partial charge in [-0.2, -0.15) is 5.10 Å². The summed E-state index contributed by atoms with van der Waals surface area (Å²) in [5.41, 5.74) is 3.04. The van der Waals surface area contributed by atoms with Crippen molar-refractivity contribution in [1.82, 2.24) is 5.43 Å². The highest BCUT2D eigenvalue weighted by atomic mass is 35.5. The van der Waals surface area contributed by atoms with Gasteiger partial charge in [0.25, 0.3) is 0 Å². The van der Waals surface area contributed by atoms with Crippen molar-refractivity contribution in [3.8, 4) is 11.5 Å². The van der Waals surface area contributed by atoms with Gasteiger partial charge in [0, 0.05) is 6.92 Å². The minimum Gasteiger partial charge on any atom is -0.490 e. The van der Waals surface area contributed by atoms with Gasteiger partial charge in [0.2, 0.25) is 5.91 Å². The maximum Gasteiger partial charge on any atom is 0.236 e. The molecule has 0 radical (unpaired) electrons. The number of benzene rings is 1. The predicted octanol–water partition coefficient (Wildman–Crippen LogP) is 3.00. The monoisotopic (exact) mass is 298 g/mol. The number of halogens is 1. The van der Waals surface area contributed by atoms with E-state index in [2.05, 4.69) is 10.5 Å². The van der Waals surface area contributed by atoms with Crippen molar-refractivity contribution in [2.24, 2.45) is 5.10 Å². The molecule has 1 N–H and O–H groups in total. The first kappa shape index (κ1) is 16.3. The lowest BCUT2D eigenvalue weighted by molar-refractivity contribution is -0.118. The normalized spacial score (nSPS) is 10.9. The zero-order chi connectivity index (χ0) is 15.1. The molecule has 0 aliphatic heterocycles. The Morgan fingerprint density at radius 3 is 2.75 bits per heavy atom. The lowest BCUT2D eigenvalue weighted by Crippen LogP contribution is -2.12. The van der Waals surface area contributed by atoms with Gasteiger partial charge in [0.05, 0.1) is 23.9 Å². The van der Waals surface area contributed by atoms with Crippen LogP contribution in [0, 0.1) is 0 Å². The van der Waals surface area contributed by atoms with Gasteiger partial charge in [-0.15, -0.1) is 0 Å². The Labute approximate surface area is 123 Å². The minimum atomic E-state index is -0.239. The number of hydrogen-bond acceptors (Lipinski definition) is 4. The summed E-state index contributed by atoms with van der Waals surface area (Å²) in [5.74, 6) is 0.829. The Morgan fingerprint density at radius 2 is 2.20 bits per heavy atom. The maximum absolute atomic E-state index is 10.8. The molecule has 0 atom stereocenters. The number of carbonyl (C=O) groups is 1. The molecular formula is C14H19ClN2O3. The van der Waals surface area contributed by atoms with E-state index in [0.717, 1.165) is 0 Å². The Morgan fingerprint density at radius 1 is 1.50 bits per heavy atom. The Hall–Kier alpha value is -1.75. The van der Waals surface area contributed by atoms with Crippen LogP contribution in [-0.4, -0.2) is 24.8 Å². The summed E-state index contributed by atoms with van der Waals surface area (Å²) in [6.45, 7) is 7.59. The highest BCUT2D eigenvalue weighted by Gasteiger charge is 2.13. The zero-order valence-electron chi connectivity index (χ0n) is 12.1. The van der Waals surface area contributed by atoms with E-state index in [9.17, 15) is 4.79 Å². The fourth-order valence-electron chi connectivity index (χ4n) is 1.47. The standard InChI is InChI=1S/C14H19ClN2O3/c1-5-19-13-7-11(8-16-17-10(4)18)6-12(15)14(13)20-9(2)3/h6-9H,5H2,1-4H3,(H,17,18)/b16-8-. The second kappa shape index (κ2) is 7.75. The second-order valence-electron chi connectivity index (χ2n) is 4.36. The van der Waals surface area contributed by atoms with Gasteiger partial charge in [-0.3, -0.25) is 4.79 Å². The molecule has 0 unspecified atom stereocenters. The van der Waals surface area contributed by atoms with Crippen LogP contribution in [0.15, 0.2) is 17.2 Å². The van der Waals surface area contributed by atoms with E-state index in [4.69, 9.17) is 21.1 Å². The number of hydrogen-bond donors (Lipinski definition) is 1. The van der Waals surface area contributed by atoms with Gasteiger partial charge in [0.15, 0.2) is 11.5 Å². The summed E-state index contributed by atoms with van der Waals surface area (Å²) in [5, 5.41) is 4.23. The van der Waals surface area contributed by atoms with Crippen LogP contribution in [0.2, 0.25) is 5.02 Å². The van der Waals surface area contributed by atoms with Crippen LogP contribution >= 0.6 is 11.6 Å². The Kier molecular flexibility index (Phi) is 6.31. The predicted molar refractivity (Wildman–Crippen MR) is 79.8 cm³/mol. The van der Waals surface area contributed by atoms with Crippen LogP contribution in [0.5, 0.6) is 11.5 Å². The molecule has 0 bridgehead atoms. The van der Waals surface area contributed by atoms with Crippen LogP contribution in [0.3, 0.4) is 0 Å².